The van der Waals surface area contributed by atoms with Gasteiger partial charge in [-0.2, -0.15) is 0 Å². The van der Waals surface area contributed by atoms with Crippen LogP contribution in [0.3, 0.4) is 0 Å². The van der Waals surface area contributed by atoms with Crippen LogP contribution in [0.4, 0.5) is 0 Å². The van der Waals surface area contributed by atoms with Crippen molar-refractivity contribution in [3.8, 4) is 0 Å². The second-order valence-corrected chi connectivity index (χ2v) is 20.2. The SMILES string of the molecule is CO[C@H]1C[C@@H]2CC[C@@H](C)[C@@](O)(O2)C(=O)C(=O)N2CCCC[C@H]2C(=O)O[C@H]([C@H](C)C[C@@H]2CC[C@@H](OCCO)[C@@H](OC)C2)CC(=O)[C@H](C)/C=C(\C)[C@@H](O)[C@H](OC)C(=O)[C@@H](C)C[C@@H](C)/C=C/C=C/C=C/1C. The number of methoxy groups -OCH3 is 3. The lowest BCUT2D eigenvalue weighted by atomic mass is 9.78. The maximum atomic E-state index is 14.5. The lowest BCUT2D eigenvalue weighted by Crippen LogP contribution is -2.61. The van der Waals surface area contributed by atoms with Gasteiger partial charge in [-0.15, -0.1) is 0 Å². The Bertz CT molecular complexity index is 1810. The van der Waals surface area contributed by atoms with E-state index in [9.17, 15) is 39.3 Å². The Kier molecular flexibility index (Phi) is 22.9. The summed E-state index contributed by atoms with van der Waals surface area (Å²) in [6, 6.07) is -1.14. The van der Waals surface area contributed by atoms with Crippen molar-refractivity contribution in [2.24, 2.45) is 35.5 Å². The second kappa shape index (κ2) is 27.3. The van der Waals surface area contributed by atoms with Crippen LogP contribution in [0.15, 0.2) is 47.6 Å². The number of fused-ring (bicyclic) bond motifs is 3. The number of hydrogen-bond acceptors (Lipinski definition) is 14. The molecule has 384 valence electrons. The van der Waals surface area contributed by atoms with Gasteiger partial charge < -0.3 is 48.6 Å². The molecule has 0 unspecified atom stereocenters. The molecule has 3 fully saturated rings. The number of esters is 1. The van der Waals surface area contributed by atoms with Gasteiger partial charge in [-0.3, -0.25) is 19.2 Å². The molecule has 15 atom stereocenters. The van der Waals surface area contributed by atoms with Crippen molar-refractivity contribution in [3.63, 3.8) is 0 Å². The summed E-state index contributed by atoms with van der Waals surface area (Å²) >= 11 is 0. The van der Waals surface area contributed by atoms with Crippen molar-refractivity contribution < 1.29 is 67.7 Å². The van der Waals surface area contributed by atoms with E-state index in [2.05, 4.69) is 0 Å². The number of amides is 1. The molecule has 0 radical (unpaired) electrons. The number of ketones is 3. The first-order valence-corrected chi connectivity index (χ1v) is 25.0. The fourth-order valence-electron chi connectivity index (χ4n) is 10.5. The molecule has 3 aliphatic heterocycles. The molecule has 3 heterocycles. The number of aliphatic hydroxyl groups excluding tert-OH is 2. The van der Waals surface area contributed by atoms with Gasteiger partial charge in [-0.1, -0.05) is 71.1 Å². The number of piperidine rings is 1. The zero-order valence-corrected chi connectivity index (χ0v) is 42.4. The number of allylic oxidation sites excluding steroid dienone is 6. The number of ether oxygens (including phenoxy) is 6. The number of rotatable bonds is 9. The molecule has 0 aromatic heterocycles. The predicted octanol–water partition coefficient (Wildman–Crippen LogP) is 6.20. The maximum Gasteiger partial charge on any atom is 0.329 e. The summed E-state index contributed by atoms with van der Waals surface area (Å²) in [5, 5.41) is 32.8. The number of cyclic esters (lactones) is 1. The van der Waals surface area contributed by atoms with Crippen LogP contribution in [0.25, 0.3) is 0 Å². The minimum Gasteiger partial charge on any atom is -0.460 e. The molecule has 0 aromatic carbocycles. The average molecular weight is 958 g/mol. The summed E-state index contributed by atoms with van der Waals surface area (Å²) in [6.45, 7) is 12.9. The lowest BCUT2D eigenvalue weighted by molar-refractivity contribution is -0.265. The summed E-state index contributed by atoms with van der Waals surface area (Å²) < 4.78 is 35.6. The average Bonchev–Trinajstić information content (AvgIpc) is 3.32. The van der Waals surface area contributed by atoms with Crippen molar-refractivity contribution in [1.82, 2.24) is 4.90 Å². The molecule has 1 amide bonds. The second-order valence-electron chi connectivity index (χ2n) is 20.2. The van der Waals surface area contributed by atoms with Gasteiger partial charge in [0.05, 0.1) is 37.6 Å². The fraction of sp³-hybridized carbons (Fsp3) is 0.755. The van der Waals surface area contributed by atoms with E-state index in [0.29, 0.717) is 63.4 Å². The van der Waals surface area contributed by atoms with Crippen LogP contribution < -0.4 is 0 Å². The van der Waals surface area contributed by atoms with Crippen molar-refractivity contribution in [2.45, 2.75) is 180 Å². The standard InChI is InChI=1S/C53H83NO14/c1-32-16-12-11-13-17-33(2)44(63-8)30-40-21-19-38(7)53(62,68-40)50(59)51(60)54-23-15-14-18-41(54)52(61)67-45(35(4)28-39-20-22-43(66-25-24-55)46(29-39)64-9)31-42(56)34(3)27-37(6)48(58)49(65-10)47(57)36(5)26-32/h11-13,16-17,27,32,34-36,38-41,43-46,48-49,55,58,62H,14-15,18-26,28-31H2,1-10H3/b13-11+,16-12+,33-17+,37-27+/t32-,34+,35+,36-,38+,39-,40-,41-,43+,44-,45-,46-,48+,49+,53+/m0/s1. The van der Waals surface area contributed by atoms with E-state index < -0.39 is 77.8 Å². The summed E-state index contributed by atoms with van der Waals surface area (Å²) in [7, 11) is 4.58. The molecule has 15 nitrogen and oxygen atoms in total. The number of Topliss-reactive ketones (excluding diaryl/α,β-unsaturated/α-hetero) is 3. The Hall–Kier alpha value is -3.41. The van der Waals surface area contributed by atoms with Gasteiger partial charge in [0.2, 0.25) is 5.79 Å². The third-order valence-electron chi connectivity index (χ3n) is 14.9. The Morgan fingerprint density at radius 1 is 0.853 bits per heavy atom. The van der Waals surface area contributed by atoms with Gasteiger partial charge in [0.15, 0.2) is 5.78 Å². The number of carbonyl (C=O) groups is 5. The van der Waals surface area contributed by atoms with Gasteiger partial charge in [0, 0.05) is 58.5 Å². The molecule has 0 spiro atoms. The maximum absolute atomic E-state index is 14.5. The van der Waals surface area contributed by atoms with Crippen LogP contribution >= 0.6 is 0 Å². The summed E-state index contributed by atoms with van der Waals surface area (Å²) in [5.41, 5.74) is 1.26. The topological polar surface area (TPSA) is 205 Å². The highest BCUT2D eigenvalue weighted by atomic mass is 16.6. The highest BCUT2D eigenvalue weighted by Crippen LogP contribution is 2.38. The largest absolute Gasteiger partial charge is 0.460 e. The van der Waals surface area contributed by atoms with E-state index in [1.807, 2.05) is 58.1 Å². The van der Waals surface area contributed by atoms with E-state index in [1.165, 1.54) is 12.0 Å². The van der Waals surface area contributed by atoms with Crippen LogP contribution in [0.2, 0.25) is 0 Å². The molecule has 0 aromatic rings. The molecular formula is C53H83NO14. The molecule has 2 saturated heterocycles. The van der Waals surface area contributed by atoms with Crippen LogP contribution in [0.5, 0.6) is 0 Å². The number of nitrogens with zero attached hydrogens (tertiary/aromatic N) is 1. The third-order valence-corrected chi connectivity index (χ3v) is 14.9. The lowest BCUT2D eigenvalue weighted by Gasteiger charge is -2.42. The van der Waals surface area contributed by atoms with E-state index in [0.717, 1.165) is 12.0 Å². The first-order chi connectivity index (χ1) is 32.3. The minimum atomic E-state index is -2.43. The van der Waals surface area contributed by atoms with Crippen LogP contribution in [-0.4, -0.2) is 145 Å². The highest BCUT2D eigenvalue weighted by Gasteiger charge is 2.53. The molecule has 4 aliphatic rings. The molecule has 3 N–H and O–H groups in total. The van der Waals surface area contributed by atoms with Crippen molar-refractivity contribution in [1.29, 1.82) is 0 Å². The van der Waals surface area contributed by atoms with Gasteiger partial charge in [-0.05, 0) is 107 Å². The molecule has 4 rings (SSSR count). The number of carbonyl (C=O) groups excluding carboxylic acids is 5. The van der Waals surface area contributed by atoms with Crippen LogP contribution in [-0.2, 0) is 52.4 Å². The Balaban J connectivity index is 1.70. The third kappa shape index (κ3) is 15.3. The van der Waals surface area contributed by atoms with E-state index in [-0.39, 0.29) is 74.1 Å². The number of aliphatic hydroxyl groups is 3. The van der Waals surface area contributed by atoms with Gasteiger partial charge in [-0.25, -0.2) is 4.79 Å². The molecule has 68 heavy (non-hydrogen) atoms. The fourth-order valence-corrected chi connectivity index (χ4v) is 10.5. The van der Waals surface area contributed by atoms with Gasteiger partial charge >= 0.3 is 5.97 Å². The normalized spacial score (nSPS) is 39.2. The van der Waals surface area contributed by atoms with Crippen molar-refractivity contribution in [3.05, 3.63) is 47.6 Å². The molecule has 1 aliphatic carbocycles. The predicted molar refractivity (Wildman–Crippen MR) is 256 cm³/mol. The van der Waals surface area contributed by atoms with Crippen LogP contribution in [0.1, 0.15) is 126 Å². The highest BCUT2D eigenvalue weighted by molar-refractivity contribution is 6.39. The summed E-state index contributed by atoms with van der Waals surface area (Å²) in [4.78, 5) is 72.1. The summed E-state index contributed by atoms with van der Waals surface area (Å²) in [6.07, 6.45) is 12.0. The molecule has 1 saturated carbocycles. The van der Waals surface area contributed by atoms with Crippen molar-refractivity contribution in [2.75, 3.05) is 41.1 Å². The van der Waals surface area contributed by atoms with E-state index in [4.69, 9.17) is 28.4 Å². The van der Waals surface area contributed by atoms with Crippen LogP contribution in [0, 0.1) is 35.5 Å². The monoisotopic (exact) mass is 958 g/mol. The quantitative estimate of drug-likeness (QED) is 0.134. The van der Waals surface area contributed by atoms with Crippen molar-refractivity contribution >= 4 is 29.2 Å². The van der Waals surface area contributed by atoms with E-state index >= 15 is 0 Å². The minimum absolute atomic E-state index is 0.0158. The zero-order valence-electron chi connectivity index (χ0n) is 42.4. The molecule has 2 bridgehead atoms. The first-order valence-electron chi connectivity index (χ1n) is 25.0. The summed E-state index contributed by atoms with van der Waals surface area (Å²) in [5.74, 6) is -7.96. The zero-order chi connectivity index (χ0) is 50.3. The molecule has 15 heteroatoms. The van der Waals surface area contributed by atoms with Gasteiger partial charge in [0.25, 0.3) is 11.7 Å². The van der Waals surface area contributed by atoms with Gasteiger partial charge in [0.1, 0.15) is 30.1 Å². The smallest absolute Gasteiger partial charge is 0.329 e. The van der Waals surface area contributed by atoms with E-state index in [1.54, 1.807) is 41.1 Å². The Morgan fingerprint density at radius 2 is 1.59 bits per heavy atom. The Morgan fingerprint density at radius 3 is 2.26 bits per heavy atom. The Labute approximate surface area is 405 Å². The first kappa shape index (κ1) is 57.2. The molecular weight excluding hydrogens is 875 g/mol. The number of hydrogen-bond donors (Lipinski definition) is 3.